The zero-order valence-corrected chi connectivity index (χ0v) is 13.8. The molecule has 1 atom stereocenters. The molecule has 3 nitrogen and oxygen atoms in total. The Kier molecular flexibility index (Phi) is 3.91. The molecular formula is C16H17ClN2OS. The van der Waals surface area contributed by atoms with Gasteiger partial charge in [0.25, 0.3) is 0 Å². The predicted molar refractivity (Wildman–Crippen MR) is 88.7 cm³/mol. The molecule has 0 saturated carbocycles. The molecule has 110 valence electrons. The first kappa shape index (κ1) is 14.4. The van der Waals surface area contributed by atoms with Crippen molar-refractivity contribution in [1.29, 1.82) is 0 Å². The molecule has 0 aliphatic rings. The van der Waals surface area contributed by atoms with E-state index in [9.17, 15) is 0 Å². The minimum atomic E-state index is -0.135. The molecule has 0 saturated heterocycles. The predicted octanol–water partition coefficient (Wildman–Crippen LogP) is 4.76. The van der Waals surface area contributed by atoms with E-state index in [2.05, 4.69) is 27.9 Å². The highest BCUT2D eigenvalue weighted by Crippen LogP contribution is 2.29. The minimum Gasteiger partial charge on any atom is -0.497 e. The van der Waals surface area contributed by atoms with Crippen molar-refractivity contribution < 1.29 is 4.74 Å². The number of aryl methyl sites for hydroxylation is 1. The van der Waals surface area contributed by atoms with Gasteiger partial charge in [-0.2, -0.15) is 0 Å². The van der Waals surface area contributed by atoms with Crippen molar-refractivity contribution in [3.05, 3.63) is 45.9 Å². The smallest absolute Gasteiger partial charge is 0.128 e. The van der Waals surface area contributed by atoms with Crippen LogP contribution in [0.2, 0.25) is 0 Å². The zero-order valence-electron chi connectivity index (χ0n) is 12.3. The van der Waals surface area contributed by atoms with Gasteiger partial charge in [-0.1, -0.05) is 0 Å². The third-order valence-corrected chi connectivity index (χ3v) is 4.81. The molecule has 2 heterocycles. The first-order chi connectivity index (χ1) is 10.1. The lowest BCUT2D eigenvalue weighted by Gasteiger charge is -2.10. The Hall–Kier alpha value is -1.52. The Morgan fingerprint density at radius 3 is 2.81 bits per heavy atom. The standard InChI is InChI=1S/C16H17ClN2OS/c1-10-6-7-21-15(10)9-19-14-8-12(20-3)4-5-13(14)18-16(19)11(2)17/h4-8,11H,9H2,1-3H3. The van der Waals surface area contributed by atoms with Crippen LogP contribution in [0.4, 0.5) is 0 Å². The van der Waals surface area contributed by atoms with Crippen molar-refractivity contribution in [1.82, 2.24) is 9.55 Å². The van der Waals surface area contributed by atoms with Crippen LogP contribution in [0.1, 0.15) is 28.6 Å². The first-order valence-corrected chi connectivity index (χ1v) is 8.13. The molecule has 2 aromatic heterocycles. The summed E-state index contributed by atoms with van der Waals surface area (Å²) < 4.78 is 7.52. The average molecular weight is 321 g/mol. The monoisotopic (exact) mass is 320 g/mol. The van der Waals surface area contributed by atoms with Crippen molar-refractivity contribution in [3.8, 4) is 5.75 Å². The molecule has 0 radical (unpaired) electrons. The third-order valence-electron chi connectivity index (χ3n) is 3.61. The van der Waals surface area contributed by atoms with E-state index in [0.29, 0.717) is 0 Å². The van der Waals surface area contributed by atoms with Crippen molar-refractivity contribution in [2.75, 3.05) is 7.11 Å². The fraction of sp³-hybridized carbons (Fsp3) is 0.312. The summed E-state index contributed by atoms with van der Waals surface area (Å²) in [6, 6.07) is 8.07. The Bertz CT molecular complexity index is 776. The second-order valence-electron chi connectivity index (χ2n) is 5.05. The number of halogens is 1. The molecule has 3 aromatic rings. The van der Waals surface area contributed by atoms with Crippen molar-refractivity contribution >= 4 is 34.0 Å². The minimum absolute atomic E-state index is 0.135. The van der Waals surface area contributed by atoms with Crippen LogP contribution in [0.5, 0.6) is 5.75 Å². The van der Waals surface area contributed by atoms with E-state index in [-0.39, 0.29) is 5.38 Å². The van der Waals surface area contributed by atoms with Gasteiger partial charge in [0.2, 0.25) is 0 Å². The summed E-state index contributed by atoms with van der Waals surface area (Å²) in [6.07, 6.45) is 0. The zero-order chi connectivity index (χ0) is 15.0. The second-order valence-corrected chi connectivity index (χ2v) is 6.71. The van der Waals surface area contributed by atoms with Crippen LogP contribution in [0.15, 0.2) is 29.6 Å². The van der Waals surface area contributed by atoms with Crippen molar-refractivity contribution in [2.45, 2.75) is 25.8 Å². The summed E-state index contributed by atoms with van der Waals surface area (Å²) in [6.45, 7) is 4.88. The molecule has 1 aromatic carbocycles. The van der Waals surface area contributed by atoms with Crippen LogP contribution < -0.4 is 4.74 Å². The molecule has 0 N–H and O–H groups in total. The maximum atomic E-state index is 6.32. The van der Waals surface area contributed by atoms with E-state index in [1.807, 2.05) is 25.1 Å². The molecule has 0 aliphatic heterocycles. The largest absolute Gasteiger partial charge is 0.497 e. The lowest BCUT2D eigenvalue weighted by molar-refractivity contribution is 0.415. The van der Waals surface area contributed by atoms with Crippen LogP contribution in [-0.2, 0) is 6.54 Å². The molecule has 0 amide bonds. The number of fused-ring (bicyclic) bond motifs is 1. The summed E-state index contributed by atoms with van der Waals surface area (Å²) in [5.41, 5.74) is 3.31. The van der Waals surface area contributed by atoms with E-state index >= 15 is 0 Å². The molecule has 0 spiro atoms. The Morgan fingerprint density at radius 1 is 1.38 bits per heavy atom. The third kappa shape index (κ3) is 2.65. The number of alkyl halides is 1. The van der Waals surface area contributed by atoms with Crippen molar-refractivity contribution in [2.24, 2.45) is 0 Å². The van der Waals surface area contributed by atoms with Gasteiger partial charge in [-0.25, -0.2) is 4.98 Å². The van der Waals surface area contributed by atoms with Crippen molar-refractivity contribution in [3.63, 3.8) is 0 Å². The molecular weight excluding hydrogens is 304 g/mol. The number of aromatic nitrogens is 2. The van der Waals surface area contributed by atoms with E-state index in [0.717, 1.165) is 29.2 Å². The van der Waals surface area contributed by atoms with Crippen LogP contribution in [0, 0.1) is 6.92 Å². The number of ether oxygens (including phenoxy) is 1. The van der Waals surface area contributed by atoms with Crippen LogP contribution in [0.25, 0.3) is 11.0 Å². The molecule has 1 unspecified atom stereocenters. The summed E-state index contributed by atoms with van der Waals surface area (Å²) in [4.78, 5) is 6.01. The quantitative estimate of drug-likeness (QED) is 0.648. The lowest BCUT2D eigenvalue weighted by Crippen LogP contribution is -2.05. The van der Waals surface area contributed by atoms with E-state index in [1.54, 1.807) is 18.4 Å². The topological polar surface area (TPSA) is 27.1 Å². The number of hydrogen-bond donors (Lipinski definition) is 0. The van der Waals surface area contributed by atoms with E-state index in [4.69, 9.17) is 16.3 Å². The van der Waals surface area contributed by atoms with E-state index in [1.165, 1.54) is 10.4 Å². The Balaban J connectivity index is 2.17. The van der Waals surface area contributed by atoms with Gasteiger partial charge in [0.1, 0.15) is 11.6 Å². The Morgan fingerprint density at radius 2 is 2.19 bits per heavy atom. The maximum absolute atomic E-state index is 6.32. The number of hydrogen-bond acceptors (Lipinski definition) is 3. The van der Waals surface area contributed by atoms with Crippen LogP contribution in [-0.4, -0.2) is 16.7 Å². The normalized spacial score (nSPS) is 12.8. The maximum Gasteiger partial charge on any atom is 0.128 e. The molecule has 5 heteroatoms. The van der Waals surface area contributed by atoms with Gasteiger partial charge < -0.3 is 9.30 Å². The Labute approximate surface area is 133 Å². The summed E-state index contributed by atoms with van der Waals surface area (Å²) >= 11 is 8.09. The number of methoxy groups -OCH3 is 1. The SMILES string of the molecule is COc1ccc2nc(C(C)Cl)n(Cc3sccc3C)c2c1. The summed E-state index contributed by atoms with van der Waals surface area (Å²) in [7, 11) is 1.68. The molecule has 0 aliphatic carbocycles. The summed E-state index contributed by atoms with van der Waals surface area (Å²) in [5.74, 6) is 1.73. The van der Waals surface area contributed by atoms with Gasteiger partial charge >= 0.3 is 0 Å². The van der Waals surface area contributed by atoms with Gasteiger partial charge in [0.05, 0.1) is 30.1 Å². The highest BCUT2D eigenvalue weighted by Gasteiger charge is 2.16. The first-order valence-electron chi connectivity index (χ1n) is 6.81. The summed E-state index contributed by atoms with van der Waals surface area (Å²) in [5, 5.41) is 1.98. The highest BCUT2D eigenvalue weighted by atomic mass is 35.5. The number of rotatable bonds is 4. The van der Waals surface area contributed by atoms with Crippen LogP contribution >= 0.6 is 22.9 Å². The number of benzene rings is 1. The van der Waals surface area contributed by atoms with Gasteiger partial charge in [-0.15, -0.1) is 22.9 Å². The van der Waals surface area contributed by atoms with Gasteiger partial charge in [-0.3, -0.25) is 0 Å². The lowest BCUT2D eigenvalue weighted by atomic mass is 10.2. The van der Waals surface area contributed by atoms with Gasteiger partial charge in [0.15, 0.2) is 0 Å². The molecule has 0 fully saturated rings. The molecule has 21 heavy (non-hydrogen) atoms. The fourth-order valence-electron chi connectivity index (χ4n) is 2.43. The second kappa shape index (κ2) is 5.70. The number of imidazole rings is 1. The highest BCUT2D eigenvalue weighted by molar-refractivity contribution is 7.10. The average Bonchev–Trinajstić information content (AvgIpc) is 3.03. The number of thiophene rings is 1. The molecule has 0 bridgehead atoms. The number of nitrogens with zero attached hydrogens (tertiary/aromatic N) is 2. The van der Waals surface area contributed by atoms with E-state index < -0.39 is 0 Å². The van der Waals surface area contributed by atoms with Crippen LogP contribution in [0.3, 0.4) is 0 Å². The van der Waals surface area contributed by atoms with Gasteiger partial charge in [-0.05, 0) is 43.0 Å². The van der Waals surface area contributed by atoms with Gasteiger partial charge in [0, 0.05) is 10.9 Å². The molecule has 3 rings (SSSR count). The fourth-order valence-corrected chi connectivity index (χ4v) is 3.49.